The van der Waals surface area contributed by atoms with Gasteiger partial charge in [-0.05, 0) is 44.4 Å². The molecule has 0 saturated carbocycles. The third-order valence-corrected chi connectivity index (χ3v) is 5.67. The SMILES string of the molecule is C=C/C=C(\C=C)CN(C)CCCn1c(CC)nc2cccc(Cl)c2c1=O.C=N/C(N)=C(C#N)\C(N)=N/CN. The van der Waals surface area contributed by atoms with E-state index in [2.05, 4.69) is 46.8 Å². The molecule has 202 valence electrons. The van der Waals surface area contributed by atoms with Gasteiger partial charge in [0.1, 0.15) is 29.1 Å². The van der Waals surface area contributed by atoms with Gasteiger partial charge in [-0.15, -0.1) is 0 Å². The molecule has 0 aliphatic carbocycles. The summed E-state index contributed by atoms with van der Waals surface area (Å²) in [5.41, 5.74) is 17.4. The summed E-state index contributed by atoms with van der Waals surface area (Å²) >= 11 is 6.23. The van der Waals surface area contributed by atoms with E-state index in [1.165, 1.54) is 0 Å². The molecule has 1 aromatic carbocycles. The first-order valence-corrected chi connectivity index (χ1v) is 12.2. The summed E-state index contributed by atoms with van der Waals surface area (Å²) in [7, 11) is 2.06. The normalized spacial score (nSPS) is 12.3. The van der Waals surface area contributed by atoms with Crippen molar-refractivity contribution in [3.05, 3.63) is 87.8 Å². The van der Waals surface area contributed by atoms with E-state index in [1.807, 2.05) is 31.2 Å². The lowest BCUT2D eigenvalue weighted by molar-refractivity contribution is 0.346. The quantitative estimate of drug-likeness (QED) is 0.162. The summed E-state index contributed by atoms with van der Waals surface area (Å²) in [6.45, 7) is 15.0. The van der Waals surface area contributed by atoms with Crippen molar-refractivity contribution in [2.45, 2.75) is 26.3 Å². The molecule has 0 atom stereocenters. The van der Waals surface area contributed by atoms with Crippen molar-refractivity contribution in [2.75, 3.05) is 26.8 Å². The number of hydrogen-bond donors (Lipinski definition) is 3. The first-order chi connectivity index (χ1) is 18.2. The van der Waals surface area contributed by atoms with Crippen LogP contribution in [-0.4, -0.2) is 53.8 Å². The molecule has 0 radical (unpaired) electrons. The van der Waals surface area contributed by atoms with Crippen LogP contribution >= 0.6 is 11.6 Å². The van der Waals surface area contributed by atoms with Crippen LogP contribution < -0.4 is 22.8 Å². The van der Waals surface area contributed by atoms with E-state index in [0.717, 1.165) is 30.9 Å². The van der Waals surface area contributed by atoms with Crippen molar-refractivity contribution >= 4 is 35.1 Å². The number of amidine groups is 1. The molecule has 2 aromatic rings. The topological polar surface area (TPSA) is 165 Å². The number of hydrogen-bond acceptors (Lipinski definition) is 8. The molecule has 10 nitrogen and oxygen atoms in total. The maximum Gasteiger partial charge on any atom is 0.262 e. The molecule has 38 heavy (non-hydrogen) atoms. The van der Waals surface area contributed by atoms with Crippen molar-refractivity contribution in [1.29, 1.82) is 5.26 Å². The van der Waals surface area contributed by atoms with E-state index >= 15 is 0 Å². The summed E-state index contributed by atoms with van der Waals surface area (Å²) in [6.07, 6.45) is 7.11. The van der Waals surface area contributed by atoms with Crippen LogP contribution in [0.4, 0.5) is 0 Å². The van der Waals surface area contributed by atoms with E-state index < -0.39 is 0 Å². The smallest absolute Gasteiger partial charge is 0.262 e. The number of nitrogens with zero attached hydrogens (tertiary/aromatic N) is 6. The second-order valence-corrected chi connectivity index (χ2v) is 8.41. The van der Waals surface area contributed by atoms with Gasteiger partial charge >= 0.3 is 0 Å². The molecular formula is C27H36ClN9O. The molecule has 0 aliphatic rings. The second kappa shape index (κ2) is 16.7. The molecule has 0 saturated heterocycles. The van der Waals surface area contributed by atoms with Crippen LogP contribution in [-0.2, 0) is 13.0 Å². The number of fused-ring (bicyclic) bond motifs is 1. The van der Waals surface area contributed by atoms with E-state index in [0.29, 0.717) is 28.9 Å². The highest BCUT2D eigenvalue weighted by Gasteiger charge is 2.12. The standard InChI is InChI=1S/C21H26ClN3O.C6H10N6/c1-5-10-16(6-2)15-24(4)13-9-14-25-19(7-3)23-18-12-8-11-17(22)20(18)21(25)26;1-11-5(9)4(2-7)6(10)12-3-8/h5-6,8,10-12H,1-2,7,9,13-15H2,3-4H3;1,3,8-9H2,(H2,10,12)/b16-10+;5-4-. The summed E-state index contributed by atoms with van der Waals surface area (Å²) in [5.74, 6) is 0.725. The maximum absolute atomic E-state index is 12.9. The predicted molar refractivity (Wildman–Crippen MR) is 158 cm³/mol. The van der Waals surface area contributed by atoms with Gasteiger partial charge in [0.2, 0.25) is 0 Å². The molecule has 1 aromatic heterocycles. The van der Waals surface area contributed by atoms with Gasteiger partial charge in [-0.2, -0.15) is 5.26 Å². The Morgan fingerprint density at radius 3 is 2.61 bits per heavy atom. The Morgan fingerprint density at radius 2 is 2.05 bits per heavy atom. The number of likely N-dealkylation sites (N-methyl/N-ethyl adjacent to an activating group) is 1. The lowest BCUT2D eigenvalue weighted by Crippen LogP contribution is -2.28. The number of aryl methyl sites for hydroxylation is 1. The summed E-state index contributed by atoms with van der Waals surface area (Å²) < 4.78 is 1.76. The average molecular weight is 538 g/mol. The second-order valence-electron chi connectivity index (χ2n) is 8.00. The zero-order valence-corrected chi connectivity index (χ0v) is 22.8. The van der Waals surface area contributed by atoms with Crippen LogP contribution in [0.2, 0.25) is 5.02 Å². The Morgan fingerprint density at radius 1 is 1.34 bits per heavy atom. The molecule has 2 rings (SSSR count). The van der Waals surface area contributed by atoms with Crippen LogP contribution in [0.5, 0.6) is 0 Å². The molecular weight excluding hydrogens is 502 g/mol. The van der Waals surface area contributed by atoms with Gasteiger partial charge in [0.15, 0.2) is 0 Å². The van der Waals surface area contributed by atoms with Gasteiger partial charge in [-0.3, -0.25) is 14.4 Å². The number of benzene rings is 1. The fourth-order valence-corrected chi connectivity index (χ4v) is 3.75. The third kappa shape index (κ3) is 9.12. The van der Waals surface area contributed by atoms with Crippen LogP contribution in [0.3, 0.4) is 0 Å². The Kier molecular flexibility index (Phi) is 14.0. The monoisotopic (exact) mass is 537 g/mol. The highest BCUT2D eigenvalue weighted by atomic mass is 35.5. The summed E-state index contributed by atoms with van der Waals surface area (Å²) in [6, 6.07) is 7.14. The molecule has 0 spiro atoms. The first kappa shape index (κ1) is 32.0. The van der Waals surface area contributed by atoms with Crippen molar-refractivity contribution in [2.24, 2.45) is 27.2 Å². The van der Waals surface area contributed by atoms with Crippen molar-refractivity contribution in [3.8, 4) is 6.07 Å². The Hall–Kier alpha value is -4.04. The number of allylic oxidation sites excluding steroid dienone is 2. The summed E-state index contributed by atoms with van der Waals surface area (Å²) in [5, 5.41) is 9.51. The van der Waals surface area contributed by atoms with E-state index in [4.69, 9.17) is 34.1 Å². The number of aromatic nitrogens is 2. The molecule has 0 aliphatic heterocycles. The minimum atomic E-state index is -0.0570. The molecule has 0 fully saturated rings. The van der Waals surface area contributed by atoms with Crippen LogP contribution in [0.1, 0.15) is 19.2 Å². The number of nitriles is 1. The number of nitrogens with two attached hydrogens (primary N) is 3. The Bertz CT molecular complexity index is 1330. The van der Waals surface area contributed by atoms with Gasteiger partial charge in [0.05, 0.1) is 22.6 Å². The molecule has 6 N–H and O–H groups in total. The van der Waals surface area contributed by atoms with Crippen molar-refractivity contribution in [1.82, 2.24) is 14.5 Å². The third-order valence-electron chi connectivity index (χ3n) is 5.35. The largest absolute Gasteiger partial charge is 0.383 e. The molecule has 0 unspecified atom stereocenters. The molecule has 1 heterocycles. The maximum atomic E-state index is 12.9. The van der Waals surface area contributed by atoms with E-state index in [-0.39, 0.29) is 29.5 Å². The lowest BCUT2D eigenvalue weighted by atomic mass is 10.2. The molecule has 0 amide bonds. The van der Waals surface area contributed by atoms with Gasteiger partial charge in [0.25, 0.3) is 5.56 Å². The zero-order chi connectivity index (χ0) is 28.7. The minimum Gasteiger partial charge on any atom is -0.383 e. The van der Waals surface area contributed by atoms with Crippen molar-refractivity contribution < 1.29 is 0 Å². The Balaban J connectivity index is 0.000000508. The van der Waals surface area contributed by atoms with Crippen LogP contribution in [0.15, 0.2) is 81.3 Å². The molecule has 11 heteroatoms. The van der Waals surface area contributed by atoms with E-state index in [9.17, 15) is 4.79 Å². The summed E-state index contributed by atoms with van der Waals surface area (Å²) in [4.78, 5) is 26.7. The van der Waals surface area contributed by atoms with Gasteiger partial charge < -0.3 is 22.1 Å². The number of halogens is 1. The minimum absolute atomic E-state index is 0.00142. The van der Waals surface area contributed by atoms with Crippen LogP contribution in [0, 0.1) is 11.3 Å². The van der Waals surface area contributed by atoms with Crippen LogP contribution in [0.25, 0.3) is 10.9 Å². The van der Waals surface area contributed by atoms with Crippen molar-refractivity contribution in [3.63, 3.8) is 0 Å². The van der Waals surface area contributed by atoms with Gasteiger partial charge in [-0.1, -0.05) is 56.0 Å². The highest BCUT2D eigenvalue weighted by Crippen LogP contribution is 2.19. The Labute approximate surface area is 228 Å². The zero-order valence-electron chi connectivity index (χ0n) is 22.0. The van der Waals surface area contributed by atoms with Gasteiger partial charge in [-0.25, -0.2) is 9.98 Å². The van der Waals surface area contributed by atoms with Gasteiger partial charge in [0, 0.05) is 19.5 Å². The fourth-order valence-electron chi connectivity index (χ4n) is 3.50. The van der Waals surface area contributed by atoms with E-state index in [1.54, 1.807) is 22.8 Å². The fraction of sp³-hybridized carbons (Fsp3) is 0.296. The lowest BCUT2D eigenvalue weighted by Gasteiger charge is -2.18. The predicted octanol–water partition coefficient (Wildman–Crippen LogP) is 2.89. The number of rotatable bonds is 12. The average Bonchev–Trinajstić information content (AvgIpc) is 2.90. The first-order valence-electron chi connectivity index (χ1n) is 11.9. The number of aliphatic imine (C=N–C) groups is 2. The molecule has 0 bridgehead atoms. The highest BCUT2D eigenvalue weighted by molar-refractivity contribution is 6.35.